The van der Waals surface area contributed by atoms with Crippen LogP contribution >= 0.6 is 0 Å². The highest BCUT2D eigenvalue weighted by molar-refractivity contribution is 5.88. The number of aromatic amines is 1. The Morgan fingerprint density at radius 3 is 2.56 bits per heavy atom. The molecule has 0 spiro atoms. The molecule has 0 bridgehead atoms. The van der Waals surface area contributed by atoms with Crippen LogP contribution in [0.3, 0.4) is 0 Å². The highest BCUT2D eigenvalue weighted by Crippen LogP contribution is 2.27. The van der Waals surface area contributed by atoms with E-state index in [4.69, 9.17) is 0 Å². The quantitative estimate of drug-likeness (QED) is 0.581. The molecule has 2 aromatic heterocycles. The lowest BCUT2D eigenvalue weighted by Crippen LogP contribution is -2.13. The number of fused-ring (bicyclic) bond motifs is 1. The standard InChI is InChI=1S/C21H19N5O/c1-26(2)17-10-8-14(9-11-17)15-5-3-6-16(13-15)23-20-18-7-4-12-22-19(18)24-21(27)25-20/h3-13H,1-2H3,(H2,22,23,24,25,27). The Labute approximate surface area is 156 Å². The second kappa shape index (κ2) is 6.92. The molecule has 0 radical (unpaired) electrons. The lowest BCUT2D eigenvalue weighted by molar-refractivity contribution is 1.10. The van der Waals surface area contributed by atoms with Crippen LogP contribution in [0.15, 0.2) is 71.7 Å². The van der Waals surface area contributed by atoms with E-state index in [9.17, 15) is 4.79 Å². The van der Waals surface area contributed by atoms with E-state index >= 15 is 0 Å². The van der Waals surface area contributed by atoms with Gasteiger partial charge in [0.25, 0.3) is 0 Å². The number of hydrogen-bond acceptors (Lipinski definition) is 5. The molecule has 2 heterocycles. The average Bonchev–Trinajstić information content (AvgIpc) is 2.68. The molecule has 0 aliphatic carbocycles. The number of rotatable bonds is 4. The van der Waals surface area contributed by atoms with Gasteiger partial charge in [-0.1, -0.05) is 24.3 Å². The van der Waals surface area contributed by atoms with E-state index in [0.29, 0.717) is 11.5 Å². The zero-order chi connectivity index (χ0) is 18.8. The molecule has 2 aromatic carbocycles. The smallest absolute Gasteiger partial charge is 0.348 e. The van der Waals surface area contributed by atoms with Crippen LogP contribution in [0.1, 0.15) is 0 Å². The molecule has 4 aromatic rings. The molecule has 0 unspecified atom stereocenters. The van der Waals surface area contributed by atoms with Gasteiger partial charge in [0.2, 0.25) is 0 Å². The van der Waals surface area contributed by atoms with Gasteiger partial charge in [-0.2, -0.15) is 4.98 Å². The van der Waals surface area contributed by atoms with Crippen molar-refractivity contribution in [3.8, 4) is 11.1 Å². The van der Waals surface area contributed by atoms with Crippen molar-refractivity contribution in [1.82, 2.24) is 15.0 Å². The number of nitrogens with zero attached hydrogens (tertiary/aromatic N) is 3. The monoisotopic (exact) mass is 357 g/mol. The summed E-state index contributed by atoms with van der Waals surface area (Å²) in [6.45, 7) is 0. The number of pyridine rings is 1. The van der Waals surface area contributed by atoms with Gasteiger partial charge in [0, 0.05) is 31.7 Å². The second-order valence-electron chi connectivity index (χ2n) is 6.44. The first-order valence-corrected chi connectivity index (χ1v) is 8.60. The molecule has 134 valence electrons. The summed E-state index contributed by atoms with van der Waals surface area (Å²) in [7, 11) is 4.04. The number of H-pyrrole nitrogens is 1. The highest BCUT2D eigenvalue weighted by atomic mass is 16.1. The van der Waals surface area contributed by atoms with Gasteiger partial charge in [-0.15, -0.1) is 0 Å². The van der Waals surface area contributed by atoms with Crippen LogP contribution in [0.5, 0.6) is 0 Å². The van der Waals surface area contributed by atoms with Crippen molar-refractivity contribution >= 4 is 28.2 Å². The van der Waals surface area contributed by atoms with Crippen LogP contribution in [0.4, 0.5) is 17.2 Å². The van der Waals surface area contributed by atoms with Crippen LogP contribution in [0.25, 0.3) is 22.2 Å². The minimum Gasteiger partial charge on any atom is -0.378 e. The van der Waals surface area contributed by atoms with E-state index in [1.807, 2.05) is 44.4 Å². The number of hydrogen-bond donors (Lipinski definition) is 2. The first-order chi connectivity index (χ1) is 13.1. The summed E-state index contributed by atoms with van der Waals surface area (Å²) in [5.74, 6) is 0.582. The van der Waals surface area contributed by atoms with E-state index in [1.54, 1.807) is 6.20 Å². The van der Waals surface area contributed by atoms with Crippen LogP contribution in [0.2, 0.25) is 0 Å². The van der Waals surface area contributed by atoms with E-state index in [1.165, 1.54) is 0 Å². The Morgan fingerprint density at radius 2 is 1.78 bits per heavy atom. The van der Waals surface area contributed by atoms with Crippen molar-refractivity contribution in [1.29, 1.82) is 0 Å². The third-order valence-electron chi connectivity index (χ3n) is 4.34. The van der Waals surface area contributed by atoms with Gasteiger partial charge in [-0.3, -0.25) is 4.98 Å². The highest BCUT2D eigenvalue weighted by Gasteiger charge is 2.07. The van der Waals surface area contributed by atoms with E-state index < -0.39 is 5.69 Å². The number of nitrogens with one attached hydrogen (secondary N) is 2. The molecule has 0 aliphatic heterocycles. The Bertz CT molecular complexity index is 1150. The Kier molecular flexibility index (Phi) is 4.30. The van der Waals surface area contributed by atoms with Gasteiger partial charge < -0.3 is 10.2 Å². The molecule has 0 saturated carbocycles. The Morgan fingerprint density at radius 1 is 0.963 bits per heavy atom. The normalized spacial score (nSPS) is 10.7. The van der Waals surface area contributed by atoms with Crippen LogP contribution in [-0.2, 0) is 0 Å². The maximum absolute atomic E-state index is 11.8. The summed E-state index contributed by atoms with van der Waals surface area (Å²) < 4.78 is 0. The molecule has 0 fully saturated rings. The fourth-order valence-corrected chi connectivity index (χ4v) is 2.95. The van der Waals surface area contributed by atoms with Crippen molar-refractivity contribution in [3.63, 3.8) is 0 Å². The fourth-order valence-electron chi connectivity index (χ4n) is 2.95. The molecule has 6 heteroatoms. The summed E-state index contributed by atoms with van der Waals surface area (Å²) in [5.41, 5.74) is 4.22. The predicted molar refractivity (Wildman–Crippen MR) is 110 cm³/mol. The third kappa shape index (κ3) is 3.50. The summed E-state index contributed by atoms with van der Waals surface area (Å²) in [6.07, 6.45) is 1.62. The van der Waals surface area contributed by atoms with Crippen molar-refractivity contribution in [2.75, 3.05) is 24.3 Å². The fraction of sp³-hybridized carbons (Fsp3) is 0.0952. The third-order valence-corrected chi connectivity index (χ3v) is 4.34. The van der Waals surface area contributed by atoms with Gasteiger partial charge in [-0.25, -0.2) is 9.78 Å². The molecular formula is C21H19N5O. The molecule has 27 heavy (non-hydrogen) atoms. The van der Waals surface area contributed by atoms with Crippen LogP contribution < -0.4 is 15.9 Å². The Hall–Kier alpha value is -3.67. The summed E-state index contributed by atoms with van der Waals surface area (Å²) in [5, 5.41) is 4.05. The van der Waals surface area contributed by atoms with Crippen molar-refractivity contribution in [2.45, 2.75) is 0 Å². The molecule has 6 nitrogen and oxygen atoms in total. The Balaban J connectivity index is 1.69. The van der Waals surface area contributed by atoms with Crippen molar-refractivity contribution < 1.29 is 0 Å². The largest absolute Gasteiger partial charge is 0.378 e. The molecule has 0 aliphatic rings. The number of benzene rings is 2. The predicted octanol–water partition coefficient (Wildman–Crippen LogP) is 3.79. The number of anilines is 3. The molecule has 0 atom stereocenters. The van der Waals surface area contributed by atoms with E-state index in [0.717, 1.165) is 27.9 Å². The minimum absolute atomic E-state index is 0.416. The zero-order valence-corrected chi connectivity index (χ0v) is 15.1. The van der Waals surface area contributed by atoms with Crippen molar-refractivity contribution in [2.24, 2.45) is 0 Å². The summed E-state index contributed by atoms with van der Waals surface area (Å²) in [6, 6.07) is 20.1. The van der Waals surface area contributed by atoms with Gasteiger partial charge in [0.05, 0.1) is 5.39 Å². The molecule has 0 saturated heterocycles. The number of aromatic nitrogens is 3. The zero-order valence-electron chi connectivity index (χ0n) is 15.1. The average molecular weight is 357 g/mol. The van der Waals surface area contributed by atoms with Crippen LogP contribution in [0, 0.1) is 0 Å². The van der Waals surface area contributed by atoms with E-state index in [-0.39, 0.29) is 0 Å². The lowest BCUT2D eigenvalue weighted by atomic mass is 10.0. The molecule has 2 N–H and O–H groups in total. The van der Waals surface area contributed by atoms with Gasteiger partial charge in [-0.05, 0) is 47.5 Å². The van der Waals surface area contributed by atoms with Gasteiger partial charge in [0.1, 0.15) is 5.82 Å². The topological polar surface area (TPSA) is 73.9 Å². The van der Waals surface area contributed by atoms with Crippen molar-refractivity contribution in [3.05, 3.63) is 77.3 Å². The summed E-state index contributed by atoms with van der Waals surface area (Å²) in [4.78, 5) is 24.7. The summed E-state index contributed by atoms with van der Waals surface area (Å²) >= 11 is 0. The molecular weight excluding hydrogens is 338 g/mol. The minimum atomic E-state index is -0.431. The lowest BCUT2D eigenvalue weighted by Gasteiger charge is -2.13. The SMILES string of the molecule is CN(C)c1ccc(-c2cccc(Nc3[nH]c(=O)nc4ncccc34)c2)cc1. The molecule has 4 rings (SSSR count). The second-order valence-corrected chi connectivity index (χ2v) is 6.44. The first kappa shape index (κ1) is 16.8. The first-order valence-electron chi connectivity index (χ1n) is 8.60. The molecule has 0 amide bonds. The van der Waals surface area contributed by atoms with Crippen LogP contribution in [-0.4, -0.2) is 29.0 Å². The maximum Gasteiger partial charge on any atom is 0.348 e. The van der Waals surface area contributed by atoms with Gasteiger partial charge in [0.15, 0.2) is 5.65 Å². The van der Waals surface area contributed by atoms with E-state index in [2.05, 4.69) is 55.5 Å². The van der Waals surface area contributed by atoms with Gasteiger partial charge >= 0.3 is 5.69 Å². The maximum atomic E-state index is 11.8.